The molecule has 10 heteroatoms. The van der Waals surface area contributed by atoms with Gasteiger partial charge in [-0.1, -0.05) is 12.8 Å². The van der Waals surface area contributed by atoms with Crippen molar-refractivity contribution in [1.29, 1.82) is 0 Å². The fourth-order valence-electron chi connectivity index (χ4n) is 3.28. The smallest absolute Gasteiger partial charge is 0.332 e. The van der Waals surface area contributed by atoms with E-state index in [4.69, 9.17) is 0 Å². The predicted octanol–water partition coefficient (Wildman–Crippen LogP) is 2.08. The van der Waals surface area contributed by atoms with Crippen molar-refractivity contribution in [3.05, 3.63) is 46.1 Å². The summed E-state index contributed by atoms with van der Waals surface area (Å²) >= 11 is 0. The van der Waals surface area contributed by atoms with Gasteiger partial charge in [0.25, 0.3) is 11.5 Å². The molecule has 0 bridgehead atoms. The second-order valence-corrected chi connectivity index (χ2v) is 6.58. The summed E-state index contributed by atoms with van der Waals surface area (Å²) in [7, 11) is 1.46. The number of carbonyl (C=O) groups excluding carboxylic acids is 1. The number of aromatic nitrogens is 4. The maximum atomic E-state index is 12.9. The molecule has 2 aromatic heterocycles. The Morgan fingerprint density at radius 3 is 2.52 bits per heavy atom. The number of carbonyl (C=O) groups is 1. The Balaban J connectivity index is 1.77. The van der Waals surface area contributed by atoms with Crippen molar-refractivity contribution in [3.8, 4) is 0 Å². The van der Waals surface area contributed by atoms with Gasteiger partial charge in [-0.05, 0) is 25.0 Å². The quantitative estimate of drug-likeness (QED) is 0.793. The second kappa shape index (κ2) is 7.53. The summed E-state index contributed by atoms with van der Waals surface area (Å²) in [6.07, 6.45) is 0.425. The van der Waals surface area contributed by atoms with E-state index in [0.717, 1.165) is 36.4 Å². The summed E-state index contributed by atoms with van der Waals surface area (Å²) in [4.78, 5) is 26.0. The Morgan fingerprint density at radius 2 is 1.93 bits per heavy atom. The molecule has 1 saturated carbocycles. The van der Waals surface area contributed by atoms with E-state index < -0.39 is 11.9 Å². The number of rotatable bonds is 5. The van der Waals surface area contributed by atoms with Crippen molar-refractivity contribution in [2.24, 2.45) is 7.05 Å². The number of aryl methyl sites for hydroxylation is 1. The van der Waals surface area contributed by atoms with Gasteiger partial charge < -0.3 is 4.90 Å². The van der Waals surface area contributed by atoms with Crippen LogP contribution in [0.1, 0.15) is 41.9 Å². The first-order chi connectivity index (χ1) is 12.8. The molecule has 146 valence electrons. The molecule has 0 saturated heterocycles. The Labute approximate surface area is 153 Å². The number of halogens is 3. The summed E-state index contributed by atoms with van der Waals surface area (Å²) in [5, 5.41) is 7.53. The van der Waals surface area contributed by atoms with Crippen LogP contribution in [0.5, 0.6) is 0 Å². The van der Waals surface area contributed by atoms with Crippen molar-refractivity contribution < 1.29 is 18.0 Å². The van der Waals surface area contributed by atoms with Gasteiger partial charge in [0.1, 0.15) is 5.69 Å². The fourth-order valence-corrected chi connectivity index (χ4v) is 3.28. The third-order valence-corrected chi connectivity index (χ3v) is 4.71. The lowest BCUT2D eigenvalue weighted by Crippen LogP contribution is -2.42. The molecule has 7 nitrogen and oxygen atoms in total. The van der Waals surface area contributed by atoms with Gasteiger partial charge in [-0.25, -0.2) is 4.68 Å². The van der Waals surface area contributed by atoms with Crippen LogP contribution in [0, 0.1) is 0 Å². The van der Waals surface area contributed by atoms with Crippen LogP contribution in [0.2, 0.25) is 0 Å². The monoisotopic (exact) mass is 383 g/mol. The standard InChI is InChI=1S/C17H20F3N5O2/c1-23-15(26)7-6-13(21-23)16(27)25(12-4-2-3-5-12)11-10-24-9-8-14(22-24)17(18,19)20/h6-9,12H,2-5,10-11H2,1H3. The molecular weight excluding hydrogens is 363 g/mol. The van der Waals surface area contributed by atoms with Gasteiger partial charge in [0.2, 0.25) is 0 Å². The molecule has 0 aliphatic heterocycles. The van der Waals surface area contributed by atoms with Crippen LogP contribution in [-0.2, 0) is 19.8 Å². The van der Waals surface area contributed by atoms with E-state index in [1.54, 1.807) is 4.90 Å². The highest BCUT2D eigenvalue weighted by atomic mass is 19.4. The minimum absolute atomic E-state index is 0.00850. The highest BCUT2D eigenvalue weighted by Crippen LogP contribution is 2.27. The molecule has 1 aliphatic rings. The molecule has 27 heavy (non-hydrogen) atoms. The number of hydrogen-bond donors (Lipinski definition) is 0. The van der Waals surface area contributed by atoms with Gasteiger partial charge >= 0.3 is 6.18 Å². The average molecular weight is 383 g/mol. The lowest BCUT2D eigenvalue weighted by Gasteiger charge is -2.28. The van der Waals surface area contributed by atoms with E-state index in [1.165, 1.54) is 30.1 Å². The highest BCUT2D eigenvalue weighted by Gasteiger charge is 2.34. The molecule has 2 heterocycles. The Kier molecular flexibility index (Phi) is 5.33. The van der Waals surface area contributed by atoms with E-state index in [1.807, 2.05) is 0 Å². The molecule has 0 radical (unpaired) electrons. The van der Waals surface area contributed by atoms with Gasteiger partial charge in [0, 0.05) is 31.9 Å². The first-order valence-electron chi connectivity index (χ1n) is 8.71. The van der Waals surface area contributed by atoms with Crippen molar-refractivity contribution in [1.82, 2.24) is 24.5 Å². The molecule has 0 aromatic carbocycles. The highest BCUT2D eigenvalue weighted by molar-refractivity contribution is 5.92. The summed E-state index contributed by atoms with van der Waals surface area (Å²) in [6.45, 7) is 0.358. The molecule has 3 rings (SSSR count). The lowest BCUT2D eigenvalue weighted by molar-refractivity contribution is -0.141. The molecule has 0 N–H and O–H groups in total. The van der Waals surface area contributed by atoms with Crippen LogP contribution in [0.3, 0.4) is 0 Å². The van der Waals surface area contributed by atoms with Crippen LogP contribution in [-0.4, -0.2) is 43.0 Å². The van der Waals surface area contributed by atoms with Gasteiger partial charge in [0.05, 0.1) is 6.54 Å². The Hall–Kier alpha value is -2.65. The van der Waals surface area contributed by atoms with Crippen LogP contribution in [0.4, 0.5) is 13.2 Å². The minimum Gasteiger partial charge on any atom is -0.332 e. The Morgan fingerprint density at radius 1 is 1.22 bits per heavy atom. The normalized spacial score (nSPS) is 15.3. The number of alkyl halides is 3. The van der Waals surface area contributed by atoms with Gasteiger partial charge in [-0.15, -0.1) is 0 Å². The topological polar surface area (TPSA) is 73.0 Å². The zero-order valence-electron chi connectivity index (χ0n) is 14.8. The van der Waals surface area contributed by atoms with Crippen LogP contribution >= 0.6 is 0 Å². The molecule has 0 spiro atoms. The van der Waals surface area contributed by atoms with E-state index in [2.05, 4.69) is 10.2 Å². The maximum absolute atomic E-state index is 12.9. The second-order valence-electron chi connectivity index (χ2n) is 6.58. The molecule has 1 amide bonds. The molecule has 1 aliphatic carbocycles. The van der Waals surface area contributed by atoms with Crippen molar-refractivity contribution in [3.63, 3.8) is 0 Å². The zero-order valence-corrected chi connectivity index (χ0v) is 14.8. The van der Waals surface area contributed by atoms with E-state index in [0.29, 0.717) is 0 Å². The summed E-state index contributed by atoms with van der Waals surface area (Å²) < 4.78 is 40.3. The van der Waals surface area contributed by atoms with Crippen molar-refractivity contribution in [2.75, 3.05) is 6.54 Å². The van der Waals surface area contributed by atoms with Crippen molar-refractivity contribution in [2.45, 2.75) is 44.4 Å². The van der Waals surface area contributed by atoms with Gasteiger partial charge in [-0.3, -0.25) is 14.3 Å². The molecule has 2 aromatic rings. The molecule has 1 fully saturated rings. The molecule has 0 unspecified atom stereocenters. The summed E-state index contributed by atoms with van der Waals surface area (Å²) in [5.41, 5.74) is -1.14. The third-order valence-electron chi connectivity index (χ3n) is 4.71. The first kappa shape index (κ1) is 19.1. The number of hydrogen-bond acceptors (Lipinski definition) is 4. The predicted molar refractivity (Wildman–Crippen MR) is 90.0 cm³/mol. The third kappa shape index (κ3) is 4.37. The molecular formula is C17H20F3N5O2. The average Bonchev–Trinajstić information content (AvgIpc) is 3.28. The van der Waals surface area contributed by atoms with E-state index in [-0.39, 0.29) is 36.3 Å². The van der Waals surface area contributed by atoms with Crippen LogP contribution < -0.4 is 5.56 Å². The van der Waals surface area contributed by atoms with Crippen molar-refractivity contribution >= 4 is 5.91 Å². The van der Waals surface area contributed by atoms with E-state index >= 15 is 0 Å². The molecule has 0 atom stereocenters. The maximum Gasteiger partial charge on any atom is 0.435 e. The van der Waals surface area contributed by atoms with Crippen LogP contribution in [0.15, 0.2) is 29.2 Å². The van der Waals surface area contributed by atoms with E-state index in [9.17, 15) is 22.8 Å². The number of nitrogens with zero attached hydrogens (tertiary/aromatic N) is 5. The van der Waals surface area contributed by atoms with Gasteiger partial charge in [0.15, 0.2) is 5.69 Å². The zero-order chi connectivity index (χ0) is 19.6. The fraction of sp³-hybridized carbons (Fsp3) is 0.529. The number of amides is 1. The van der Waals surface area contributed by atoms with Crippen LogP contribution in [0.25, 0.3) is 0 Å². The minimum atomic E-state index is -4.50. The van der Waals surface area contributed by atoms with Gasteiger partial charge in [-0.2, -0.15) is 23.4 Å². The first-order valence-corrected chi connectivity index (χ1v) is 8.71. The summed E-state index contributed by atoms with van der Waals surface area (Å²) in [6, 6.07) is 3.57. The SMILES string of the molecule is Cn1nc(C(=O)N(CCn2ccc(C(F)(F)F)n2)C2CCCC2)ccc1=O. The summed E-state index contributed by atoms with van der Waals surface area (Å²) in [5.74, 6) is -0.333. The largest absolute Gasteiger partial charge is 0.435 e. The Bertz CT molecular complexity index is 868. The lowest BCUT2D eigenvalue weighted by atomic mass is 10.2.